The van der Waals surface area contributed by atoms with Gasteiger partial charge in [0, 0.05) is 23.1 Å². The number of aryl methyl sites for hydroxylation is 1. The number of pyridine rings is 1. The molecule has 0 amide bonds. The molecule has 2 rings (SSSR count). The van der Waals surface area contributed by atoms with Crippen LogP contribution in [0.15, 0.2) is 26.3 Å². The van der Waals surface area contributed by atoms with Gasteiger partial charge in [-0.2, -0.15) is 0 Å². The molecule has 0 saturated carbocycles. The second kappa shape index (κ2) is 4.67. The molecule has 1 aromatic heterocycles. The van der Waals surface area contributed by atoms with E-state index in [0.717, 1.165) is 27.0 Å². The average molecular weight is 345 g/mol. The number of hydrogen-bond donors (Lipinski definition) is 0. The summed E-state index contributed by atoms with van der Waals surface area (Å²) >= 11 is 7.12. The SMILES string of the molecule is Cc1nc(N2C=CN=CC2)c(Br)c(C)c1Br. The first-order valence-corrected chi connectivity index (χ1v) is 6.47. The van der Waals surface area contributed by atoms with Crippen LogP contribution in [0.3, 0.4) is 0 Å². The van der Waals surface area contributed by atoms with Crippen molar-refractivity contribution < 1.29 is 0 Å². The topological polar surface area (TPSA) is 28.5 Å². The van der Waals surface area contributed by atoms with Crippen LogP contribution >= 0.6 is 31.9 Å². The van der Waals surface area contributed by atoms with E-state index in [4.69, 9.17) is 0 Å². The molecule has 0 bridgehead atoms. The summed E-state index contributed by atoms with van der Waals surface area (Å²) in [7, 11) is 0. The van der Waals surface area contributed by atoms with Crippen molar-refractivity contribution in [2.24, 2.45) is 4.99 Å². The molecular weight excluding hydrogens is 334 g/mol. The highest BCUT2D eigenvalue weighted by Gasteiger charge is 2.15. The Labute approximate surface area is 112 Å². The maximum atomic E-state index is 4.58. The average Bonchev–Trinajstić information content (AvgIpc) is 2.32. The number of hydrogen-bond acceptors (Lipinski definition) is 3. The monoisotopic (exact) mass is 343 g/mol. The smallest absolute Gasteiger partial charge is 0.147 e. The van der Waals surface area contributed by atoms with E-state index in [9.17, 15) is 0 Å². The van der Waals surface area contributed by atoms with Gasteiger partial charge in [0.05, 0.1) is 16.7 Å². The molecule has 1 aliphatic heterocycles. The maximum absolute atomic E-state index is 4.58. The van der Waals surface area contributed by atoms with E-state index in [-0.39, 0.29) is 0 Å². The lowest BCUT2D eigenvalue weighted by atomic mass is 10.2. The number of rotatable bonds is 1. The van der Waals surface area contributed by atoms with Crippen molar-refractivity contribution in [2.75, 3.05) is 11.4 Å². The van der Waals surface area contributed by atoms with E-state index >= 15 is 0 Å². The first kappa shape index (κ1) is 11.8. The summed E-state index contributed by atoms with van der Waals surface area (Å²) in [4.78, 5) is 10.7. The molecule has 1 aromatic rings. The van der Waals surface area contributed by atoms with Crippen molar-refractivity contribution in [3.05, 3.63) is 32.6 Å². The highest BCUT2D eigenvalue weighted by molar-refractivity contribution is 9.11. The van der Waals surface area contributed by atoms with Gasteiger partial charge in [0.15, 0.2) is 0 Å². The van der Waals surface area contributed by atoms with Crippen LogP contribution in [0.2, 0.25) is 0 Å². The van der Waals surface area contributed by atoms with E-state index in [0.29, 0.717) is 0 Å². The minimum atomic E-state index is 0.753. The van der Waals surface area contributed by atoms with Crippen molar-refractivity contribution in [3.63, 3.8) is 0 Å². The Morgan fingerprint density at radius 1 is 1.25 bits per heavy atom. The summed E-state index contributed by atoms with van der Waals surface area (Å²) in [5.74, 6) is 0.931. The number of anilines is 1. The Kier molecular flexibility index (Phi) is 3.44. The summed E-state index contributed by atoms with van der Waals surface area (Å²) < 4.78 is 2.07. The van der Waals surface area contributed by atoms with Crippen molar-refractivity contribution in [1.29, 1.82) is 0 Å². The Balaban J connectivity index is 2.49. The van der Waals surface area contributed by atoms with Crippen LogP contribution in [0.1, 0.15) is 11.3 Å². The number of halogens is 2. The lowest BCUT2D eigenvalue weighted by molar-refractivity contribution is 1.01. The number of aromatic nitrogens is 1. The van der Waals surface area contributed by atoms with Gasteiger partial charge in [-0.15, -0.1) is 0 Å². The summed E-state index contributed by atoms with van der Waals surface area (Å²) in [6, 6.07) is 0. The van der Waals surface area contributed by atoms with Gasteiger partial charge < -0.3 is 4.90 Å². The van der Waals surface area contributed by atoms with Crippen LogP contribution in [-0.4, -0.2) is 17.7 Å². The first-order chi connectivity index (χ1) is 7.61. The van der Waals surface area contributed by atoms with Crippen molar-refractivity contribution in [1.82, 2.24) is 4.98 Å². The third-order valence-corrected chi connectivity index (χ3v) is 4.55. The summed E-state index contributed by atoms with van der Waals surface area (Å²) in [6.45, 7) is 4.81. The molecule has 0 saturated heterocycles. The van der Waals surface area contributed by atoms with E-state index in [1.54, 1.807) is 6.20 Å². The molecule has 3 nitrogen and oxygen atoms in total. The third-order valence-electron chi connectivity index (χ3n) is 2.43. The highest BCUT2D eigenvalue weighted by atomic mass is 79.9. The van der Waals surface area contributed by atoms with Crippen molar-refractivity contribution in [2.45, 2.75) is 13.8 Å². The molecule has 5 heteroatoms. The lowest BCUT2D eigenvalue weighted by Crippen LogP contribution is -2.22. The molecule has 1 aliphatic rings. The van der Waals surface area contributed by atoms with Gasteiger partial charge in [-0.3, -0.25) is 4.99 Å². The quantitative estimate of drug-likeness (QED) is 0.778. The molecule has 0 unspecified atom stereocenters. The zero-order valence-corrected chi connectivity index (χ0v) is 12.2. The molecule has 16 heavy (non-hydrogen) atoms. The van der Waals surface area contributed by atoms with Crippen LogP contribution in [0.4, 0.5) is 5.82 Å². The van der Waals surface area contributed by atoms with Crippen molar-refractivity contribution >= 4 is 43.9 Å². The Hall–Kier alpha value is -0.680. The molecule has 0 N–H and O–H groups in total. The lowest BCUT2D eigenvalue weighted by Gasteiger charge is -2.22. The van der Waals surface area contributed by atoms with Gasteiger partial charge in [-0.05, 0) is 51.3 Å². The van der Waals surface area contributed by atoms with Gasteiger partial charge in [-0.1, -0.05) is 0 Å². The van der Waals surface area contributed by atoms with Crippen LogP contribution in [0.5, 0.6) is 0 Å². The molecule has 0 atom stereocenters. The Bertz CT molecular complexity index is 481. The fourth-order valence-corrected chi connectivity index (χ4v) is 2.58. The van der Waals surface area contributed by atoms with E-state index < -0.39 is 0 Å². The molecule has 84 valence electrons. The van der Waals surface area contributed by atoms with Crippen LogP contribution in [0, 0.1) is 13.8 Å². The first-order valence-electron chi connectivity index (χ1n) is 4.88. The van der Waals surface area contributed by atoms with E-state index in [2.05, 4.69) is 53.7 Å². The molecule has 0 spiro atoms. The summed E-state index contributed by atoms with van der Waals surface area (Å²) in [5.41, 5.74) is 2.16. The summed E-state index contributed by atoms with van der Waals surface area (Å²) in [6.07, 6.45) is 5.56. The van der Waals surface area contributed by atoms with Gasteiger partial charge >= 0.3 is 0 Å². The van der Waals surface area contributed by atoms with E-state index in [1.807, 2.05) is 19.3 Å². The van der Waals surface area contributed by atoms with Crippen molar-refractivity contribution in [3.8, 4) is 0 Å². The normalized spacial score (nSPS) is 14.6. The second-order valence-electron chi connectivity index (χ2n) is 3.56. The Morgan fingerprint density at radius 2 is 2.00 bits per heavy atom. The minimum absolute atomic E-state index is 0.753. The molecule has 0 fully saturated rings. The predicted molar refractivity (Wildman–Crippen MR) is 74.1 cm³/mol. The van der Waals surface area contributed by atoms with Crippen LogP contribution in [0.25, 0.3) is 0 Å². The molecule has 0 aromatic carbocycles. The second-order valence-corrected chi connectivity index (χ2v) is 5.14. The molecule has 0 aliphatic carbocycles. The van der Waals surface area contributed by atoms with Crippen LogP contribution in [-0.2, 0) is 0 Å². The van der Waals surface area contributed by atoms with Crippen LogP contribution < -0.4 is 4.90 Å². The highest BCUT2D eigenvalue weighted by Crippen LogP contribution is 2.34. The van der Waals surface area contributed by atoms with Gasteiger partial charge in [0.1, 0.15) is 5.82 Å². The predicted octanol–water partition coefficient (Wildman–Crippen LogP) is 3.59. The van der Waals surface area contributed by atoms with Gasteiger partial charge in [0.25, 0.3) is 0 Å². The third kappa shape index (κ3) is 2.06. The largest absolute Gasteiger partial charge is 0.325 e. The molecular formula is C11H11Br2N3. The number of aliphatic imine (C=N–C) groups is 1. The van der Waals surface area contributed by atoms with Gasteiger partial charge in [-0.25, -0.2) is 4.98 Å². The number of nitrogens with zero attached hydrogens (tertiary/aromatic N) is 3. The Morgan fingerprint density at radius 3 is 2.62 bits per heavy atom. The minimum Gasteiger partial charge on any atom is -0.325 e. The molecule has 2 heterocycles. The zero-order chi connectivity index (χ0) is 11.7. The van der Waals surface area contributed by atoms with Gasteiger partial charge in [0.2, 0.25) is 0 Å². The fourth-order valence-electron chi connectivity index (χ4n) is 1.52. The maximum Gasteiger partial charge on any atom is 0.147 e. The summed E-state index contributed by atoms with van der Waals surface area (Å²) in [5, 5.41) is 0. The molecule has 0 radical (unpaired) electrons. The zero-order valence-electron chi connectivity index (χ0n) is 9.04. The van der Waals surface area contributed by atoms with E-state index in [1.165, 1.54) is 5.56 Å². The fraction of sp³-hybridized carbons (Fsp3) is 0.273. The standard InChI is InChI=1S/C11H11Br2N3/c1-7-9(12)8(2)15-11(10(7)13)16-5-3-14-4-6-16/h3-5H,6H2,1-2H3.